The number of hydrogen-bond donors (Lipinski definition) is 1. The molecule has 2 aliphatic heterocycles. The molecule has 1 unspecified atom stereocenters. The van der Waals surface area contributed by atoms with Crippen molar-refractivity contribution in [2.45, 2.75) is 25.0 Å². The molecular weight excluding hydrogens is 258 g/mol. The largest absolute Gasteiger partial charge is 0.493 e. The van der Waals surface area contributed by atoms with Gasteiger partial charge in [-0.25, -0.2) is 4.79 Å². The Morgan fingerprint density at radius 2 is 2.25 bits per heavy atom. The minimum Gasteiger partial charge on any atom is -0.493 e. The average Bonchev–Trinajstić information content (AvgIpc) is 2.41. The van der Waals surface area contributed by atoms with Crippen LogP contribution < -0.4 is 4.74 Å². The molecule has 0 saturated carbocycles. The molecule has 108 valence electrons. The predicted molar refractivity (Wildman–Crippen MR) is 72.9 cm³/mol. The van der Waals surface area contributed by atoms with Gasteiger partial charge >= 0.3 is 5.97 Å². The molecule has 2 heterocycles. The quantitative estimate of drug-likeness (QED) is 0.907. The van der Waals surface area contributed by atoms with Gasteiger partial charge in [0.05, 0.1) is 12.2 Å². The summed E-state index contributed by atoms with van der Waals surface area (Å²) in [5.41, 5.74) is 0.880. The normalized spacial score (nSPS) is 24.4. The first-order valence-electron chi connectivity index (χ1n) is 6.89. The Morgan fingerprint density at radius 3 is 3.00 bits per heavy atom. The number of aliphatic carboxylic acids is 1. The fourth-order valence-corrected chi connectivity index (χ4v) is 3.06. The number of carboxylic acids is 1. The molecule has 0 spiro atoms. The van der Waals surface area contributed by atoms with Crippen molar-refractivity contribution in [1.82, 2.24) is 4.90 Å². The number of benzene rings is 1. The van der Waals surface area contributed by atoms with Crippen LogP contribution in [0.2, 0.25) is 0 Å². The molecule has 1 aromatic carbocycles. The Balaban J connectivity index is 1.65. The molecular formula is C15H19NO4. The van der Waals surface area contributed by atoms with E-state index in [1.54, 1.807) is 0 Å². The van der Waals surface area contributed by atoms with Crippen LogP contribution in [0.3, 0.4) is 0 Å². The van der Waals surface area contributed by atoms with Gasteiger partial charge in [-0.3, -0.25) is 4.90 Å². The van der Waals surface area contributed by atoms with Gasteiger partial charge in [0.1, 0.15) is 12.4 Å². The molecule has 5 heteroatoms. The molecule has 2 aliphatic rings. The van der Waals surface area contributed by atoms with E-state index in [0.29, 0.717) is 6.04 Å². The van der Waals surface area contributed by atoms with Gasteiger partial charge in [-0.2, -0.15) is 0 Å². The number of fused-ring (bicyclic) bond motifs is 1. The summed E-state index contributed by atoms with van der Waals surface area (Å²) in [5, 5.41) is 8.69. The predicted octanol–water partition coefficient (Wildman–Crippen LogP) is 1.69. The highest BCUT2D eigenvalue weighted by atomic mass is 16.5. The zero-order chi connectivity index (χ0) is 14.2. The van der Waals surface area contributed by atoms with Crippen molar-refractivity contribution in [2.24, 2.45) is 0 Å². The van der Waals surface area contributed by atoms with Gasteiger partial charge in [-0.15, -0.1) is 0 Å². The molecule has 1 aromatic rings. The molecule has 1 saturated heterocycles. The molecule has 5 nitrogen and oxygen atoms in total. The van der Waals surface area contributed by atoms with E-state index >= 15 is 0 Å². The van der Waals surface area contributed by atoms with Crippen LogP contribution in [0.15, 0.2) is 24.3 Å². The van der Waals surface area contributed by atoms with Gasteiger partial charge in [0.15, 0.2) is 0 Å². The molecule has 0 amide bonds. The van der Waals surface area contributed by atoms with Crippen molar-refractivity contribution in [2.75, 3.05) is 26.3 Å². The maximum atomic E-state index is 10.6. The summed E-state index contributed by atoms with van der Waals surface area (Å²) >= 11 is 0. The van der Waals surface area contributed by atoms with Crippen LogP contribution in [0.1, 0.15) is 24.9 Å². The summed E-state index contributed by atoms with van der Waals surface area (Å²) in [7, 11) is 0. The van der Waals surface area contributed by atoms with E-state index < -0.39 is 5.97 Å². The highest BCUT2D eigenvalue weighted by Crippen LogP contribution is 2.40. The summed E-state index contributed by atoms with van der Waals surface area (Å²) < 4.78 is 11.1. The minimum atomic E-state index is -0.916. The van der Waals surface area contributed by atoms with Crippen molar-refractivity contribution in [3.8, 4) is 5.75 Å². The lowest BCUT2D eigenvalue weighted by molar-refractivity contribution is -0.171. The third-order valence-corrected chi connectivity index (χ3v) is 3.99. The summed E-state index contributed by atoms with van der Waals surface area (Å²) in [4.78, 5) is 12.9. The van der Waals surface area contributed by atoms with Crippen LogP contribution in [0.25, 0.3) is 0 Å². The van der Waals surface area contributed by atoms with Gasteiger partial charge in [0, 0.05) is 31.1 Å². The number of ether oxygens (including phenoxy) is 2. The van der Waals surface area contributed by atoms with Gasteiger partial charge in [0.2, 0.25) is 0 Å². The third kappa shape index (κ3) is 2.51. The summed E-state index contributed by atoms with van der Waals surface area (Å²) in [6.07, 6.45) is 0.964. The Morgan fingerprint density at radius 1 is 1.50 bits per heavy atom. The number of carboxylic acid groups (broad SMARTS) is 1. The number of nitrogens with zero attached hydrogens (tertiary/aromatic N) is 1. The molecule has 1 atom stereocenters. The van der Waals surface area contributed by atoms with E-state index in [1.807, 2.05) is 25.1 Å². The highest BCUT2D eigenvalue weighted by molar-refractivity contribution is 5.68. The first-order valence-corrected chi connectivity index (χ1v) is 6.89. The fourth-order valence-electron chi connectivity index (χ4n) is 3.06. The van der Waals surface area contributed by atoms with E-state index in [0.717, 1.165) is 31.9 Å². The second-order valence-corrected chi connectivity index (χ2v) is 5.73. The van der Waals surface area contributed by atoms with Gasteiger partial charge < -0.3 is 14.6 Å². The van der Waals surface area contributed by atoms with Crippen molar-refractivity contribution in [1.29, 1.82) is 0 Å². The monoisotopic (exact) mass is 277 g/mol. The van der Waals surface area contributed by atoms with E-state index in [2.05, 4.69) is 11.0 Å². The summed E-state index contributed by atoms with van der Waals surface area (Å²) in [5.74, 6) is 0.0462. The summed E-state index contributed by atoms with van der Waals surface area (Å²) in [6.45, 7) is 4.00. The summed E-state index contributed by atoms with van der Waals surface area (Å²) in [6, 6.07) is 8.47. The number of rotatable bonds is 4. The number of likely N-dealkylation sites (tertiary alicyclic amines) is 1. The molecule has 0 aliphatic carbocycles. The molecule has 0 bridgehead atoms. The smallest absolute Gasteiger partial charge is 0.329 e. The number of hydrogen-bond acceptors (Lipinski definition) is 4. The first-order chi connectivity index (χ1) is 9.57. The lowest BCUT2D eigenvalue weighted by Gasteiger charge is -2.51. The van der Waals surface area contributed by atoms with E-state index in [4.69, 9.17) is 14.6 Å². The zero-order valence-electron chi connectivity index (χ0n) is 11.5. The average molecular weight is 277 g/mol. The number of carbonyl (C=O) groups is 1. The van der Waals surface area contributed by atoms with Crippen molar-refractivity contribution < 1.29 is 19.4 Å². The van der Waals surface area contributed by atoms with Crippen LogP contribution in [0.4, 0.5) is 0 Å². The maximum Gasteiger partial charge on any atom is 0.329 e. The third-order valence-electron chi connectivity index (χ3n) is 3.99. The van der Waals surface area contributed by atoms with Crippen molar-refractivity contribution in [3.63, 3.8) is 0 Å². The lowest BCUT2D eigenvalue weighted by Crippen LogP contribution is -2.62. The van der Waals surface area contributed by atoms with Crippen LogP contribution in [-0.4, -0.2) is 47.9 Å². The van der Waals surface area contributed by atoms with E-state index in [1.165, 1.54) is 5.56 Å². The highest BCUT2D eigenvalue weighted by Gasteiger charge is 2.44. The van der Waals surface area contributed by atoms with E-state index in [-0.39, 0.29) is 12.2 Å². The molecule has 20 heavy (non-hydrogen) atoms. The second-order valence-electron chi connectivity index (χ2n) is 5.73. The molecule has 0 aromatic heterocycles. The van der Waals surface area contributed by atoms with Gasteiger partial charge in [-0.1, -0.05) is 18.2 Å². The Hall–Kier alpha value is -1.59. The van der Waals surface area contributed by atoms with Crippen molar-refractivity contribution >= 4 is 5.97 Å². The second kappa shape index (κ2) is 5.07. The van der Waals surface area contributed by atoms with Gasteiger partial charge in [0.25, 0.3) is 0 Å². The molecule has 3 rings (SSSR count). The number of para-hydroxylation sites is 1. The Bertz CT molecular complexity index is 510. The van der Waals surface area contributed by atoms with E-state index in [9.17, 15) is 4.79 Å². The van der Waals surface area contributed by atoms with Crippen LogP contribution in [-0.2, 0) is 9.53 Å². The Kier molecular flexibility index (Phi) is 3.40. The standard InChI is InChI=1S/C15H19NO4/c1-15(20-8-14(17)18)9-16(10-15)12-6-7-19-13-5-3-2-4-11(12)13/h2-5,12H,6-10H2,1H3,(H,17,18). The SMILES string of the molecule is CC1(OCC(=O)O)CN(C2CCOc3ccccc32)C1. The van der Waals surface area contributed by atoms with Crippen LogP contribution in [0.5, 0.6) is 5.75 Å². The maximum absolute atomic E-state index is 10.6. The van der Waals surface area contributed by atoms with Crippen LogP contribution in [0, 0.1) is 0 Å². The molecule has 1 fully saturated rings. The van der Waals surface area contributed by atoms with Gasteiger partial charge in [-0.05, 0) is 13.0 Å². The van der Waals surface area contributed by atoms with Crippen LogP contribution >= 0.6 is 0 Å². The Labute approximate surface area is 118 Å². The van der Waals surface area contributed by atoms with Crippen molar-refractivity contribution in [3.05, 3.63) is 29.8 Å². The lowest BCUT2D eigenvalue weighted by atomic mass is 9.89. The molecule has 0 radical (unpaired) electrons. The zero-order valence-corrected chi connectivity index (χ0v) is 11.5. The molecule has 1 N–H and O–H groups in total. The fraction of sp³-hybridized carbons (Fsp3) is 0.533. The first kappa shape index (κ1) is 13.4. The minimum absolute atomic E-state index is 0.227. The topological polar surface area (TPSA) is 59.0 Å².